The zero-order valence-electron chi connectivity index (χ0n) is 18.0. The summed E-state index contributed by atoms with van der Waals surface area (Å²) in [5.41, 5.74) is -0.533. The van der Waals surface area contributed by atoms with Crippen LogP contribution in [0, 0.1) is 6.92 Å². The maximum atomic E-state index is 12.2. The third-order valence-corrected chi connectivity index (χ3v) is 7.05. The average Bonchev–Trinajstić information content (AvgIpc) is 3.22. The summed E-state index contributed by atoms with van der Waals surface area (Å²) in [6.45, 7) is 9.34. The molecule has 2 heterocycles. The highest BCUT2D eigenvalue weighted by Crippen LogP contribution is 2.20. The van der Waals surface area contributed by atoms with Crippen molar-refractivity contribution in [2.45, 2.75) is 50.0 Å². The number of aryl methyl sites for hydroxylation is 1. The molecule has 1 atom stereocenters. The summed E-state index contributed by atoms with van der Waals surface area (Å²) in [6, 6.07) is 3.37. The number of guanidine groups is 1. The Bertz CT molecular complexity index is 836. The van der Waals surface area contributed by atoms with Gasteiger partial charge in [0.25, 0.3) is 0 Å². The van der Waals surface area contributed by atoms with Gasteiger partial charge in [-0.1, -0.05) is 0 Å². The molecule has 0 spiro atoms. The number of hydrogen-bond acceptors (Lipinski definition) is 6. The fourth-order valence-electron chi connectivity index (χ4n) is 2.86. The summed E-state index contributed by atoms with van der Waals surface area (Å²) in [5.74, 6) is 0.671. The van der Waals surface area contributed by atoms with Gasteiger partial charge in [-0.25, -0.2) is 17.9 Å². The number of alkyl carbamates (subject to hydrolysis) is 1. The molecule has 1 aliphatic rings. The molecule has 1 aromatic heterocycles. The number of sulfonamides is 1. The number of likely N-dealkylation sites (tertiary alicyclic amines) is 1. The van der Waals surface area contributed by atoms with Crippen molar-refractivity contribution in [2.24, 2.45) is 4.99 Å². The highest BCUT2D eigenvalue weighted by atomic mass is 127. The first-order valence-corrected chi connectivity index (χ1v) is 11.8. The van der Waals surface area contributed by atoms with E-state index in [1.54, 1.807) is 19.2 Å². The molecule has 1 aromatic rings. The Balaban J connectivity index is 0.00000450. The van der Waals surface area contributed by atoms with Crippen LogP contribution < -0.4 is 15.4 Å². The third-order valence-electron chi connectivity index (χ3n) is 4.10. The summed E-state index contributed by atoms with van der Waals surface area (Å²) in [6.07, 6.45) is 0.357. The fraction of sp³-hybridized carbons (Fsp3) is 0.667. The molecule has 2 rings (SSSR count). The highest BCUT2D eigenvalue weighted by Gasteiger charge is 2.27. The topological polar surface area (TPSA) is 112 Å². The van der Waals surface area contributed by atoms with Crippen LogP contribution in [0.3, 0.4) is 0 Å². The van der Waals surface area contributed by atoms with E-state index in [1.807, 2.05) is 32.6 Å². The van der Waals surface area contributed by atoms with Crippen molar-refractivity contribution in [1.29, 1.82) is 0 Å². The van der Waals surface area contributed by atoms with Crippen LogP contribution in [-0.2, 0) is 14.8 Å². The monoisotopic (exact) mass is 573 g/mol. The van der Waals surface area contributed by atoms with Gasteiger partial charge in [0.05, 0.1) is 6.04 Å². The lowest BCUT2D eigenvalue weighted by atomic mass is 10.2. The van der Waals surface area contributed by atoms with Crippen LogP contribution >= 0.6 is 35.3 Å². The van der Waals surface area contributed by atoms with Crippen molar-refractivity contribution in [3.05, 3.63) is 17.0 Å². The number of carbonyl (C=O) groups is 1. The van der Waals surface area contributed by atoms with Gasteiger partial charge >= 0.3 is 6.09 Å². The van der Waals surface area contributed by atoms with Gasteiger partial charge < -0.3 is 20.3 Å². The molecule has 1 saturated heterocycles. The summed E-state index contributed by atoms with van der Waals surface area (Å²) in [4.78, 5) is 19.2. The van der Waals surface area contributed by atoms with E-state index in [0.29, 0.717) is 23.3 Å². The van der Waals surface area contributed by atoms with Crippen LogP contribution in [0.25, 0.3) is 0 Å². The van der Waals surface area contributed by atoms with E-state index in [0.717, 1.165) is 17.8 Å². The summed E-state index contributed by atoms with van der Waals surface area (Å²) in [7, 11) is -1.81. The van der Waals surface area contributed by atoms with Crippen LogP contribution in [0.2, 0.25) is 0 Å². The lowest BCUT2D eigenvalue weighted by Crippen LogP contribution is -2.45. The quantitative estimate of drug-likeness (QED) is 0.208. The second kappa shape index (κ2) is 11.5. The molecule has 0 aliphatic carbocycles. The Morgan fingerprint density at radius 2 is 2.03 bits per heavy atom. The van der Waals surface area contributed by atoms with Gasteiger partial charge in [0.15, 0.2) is 5.96 Å². The van der Waals surface area contributed by atoms with Crippen LogP contribution in [0.4, 0.5) is 4.79 Å². The molecule has 9 nitrogen and oxygen atoms in total. The predicted molar refractivity (Wildman–Crippen MR) is 130 cm³/mol. The van der Waals surface area contributed by atoms with Gasteiger partial charge in [-0.15, -0.1) is 35.3 Å². The van der Waals surface area contributed by atoms with Gasteiger partial charge in [0.2, 0.25) is 10.0 Å². The number of halogens is 1. The number of ether oxygens (including phenoxy) is 1. The summed E-state index contributed by atoms with van der Waals surface area (Å²) in [5, 5.41) is 6.04. The van der Waals surface area contributed by atoms with Crippen LogP contribution in [-0.4, -0.2) is 70.2 Å². The molecule has 0 aromatic carbocycles. The van der Waals surface area contributed by atoms with E-state index in [9.17, 15) is 13.2 Å². The molecule has 1 aliphatic heterocycles. The minimum absolute atomic E-state index is 0. The Kier molecular flexibility index (Phi) is 10.3. The predicted octanol–water partition coefficient (Wildman–Crippen LogP) is 2.13. The summed E-state index contributed by atoms with van der Waals surface area (Å²) < 4.78 is 32.7. The molecular formula is C18H32IN5O4S2. The van der Waals surface area contributed by atoms with E-state index < -0.39 is 21.7 Å². The maximum absolute atomic E-state index is 12.2. The Morgan fingerprint density at radius 3 is 2.60 bits per heavy atom. The van der Waals surface area contributed by atoms with Gasteiger partial charge in [0.1, 0.15) is 9.81 Å². The van der Waals surface area contributed by atoms with Crippen molar-refractivity contribution in [1.82, 2.24) is 20.3 Å². The van der Waals surface area contributed by atoms with Gasteiger partial charge in [-0.05, 0) is 46.2 Å². The number of amides is 1. The Labute approximate surface area is 200 Å². The van der Waals surface area contributed by atoms with Crippen molar-refractivity contribution in [3.8, 4) is 0 Å². The molecule has 1 amide bonds. The van der Waals surface area contributed by atoms with Gasteiger partial charge in [0, 0.05) is 38.1 Å². The summed E-state index contributed by atoms with van der Waals surface area (Å²) >= 11 is 1.24. The third kappa shape index (κ3) is 8.55. The van der Waals surface area contributed by atoms with Crippen LogP contribution in [0.1, 0.15) is 32.1 Å². The minimum Gasteiger partial charge on any atom is -0.444 e. The van der Waals surface area contributed by atoms with E-state index in [-0.39, 0.29) is 36.6 Å². The molecule has 3 N–H and O–H groups in total. The fourth-order valence-corrected chi connectivity index (χ4v) is 5.22. The largest absolute Gasteiger partial charge is 0.444 e. The van der Waals surface area contributed by atoms with E-state index in [2.05, 4.69) is 20.3 Å². The Morgan fingerprint density at radius 1 is 1.33 bits per heavy atom. The molecule has 0 saturated carbocycles. The van der Waals surface area contributed by atoms with E-state index in [4.69, 9.17) is 4.74 Å². The van der Waals surface area contributed by atoms with Crippen molar-refractivity contribution in [2.75, 3.05) is 33.2 Å². The van der Waals surface area contributed by atoms with Crippen molar-refractivity contribution in [3.63, 3.8) is 0 Å². The highest BCUT2D eigenvalue weighted by molar-refractivity contribution is 14.0. The number of thiophene rings is 1. The average molecular weight is 574 g/mol. The molecule has 30 heavy (non-hydrogen) atoms. The molecule has 0 unspecified atom stereocenters. The number of hydrogen-bond donors (Lipinski definition) is 3. The van der Waals surface area contributed by atoms with E-state index in [1.165, 1.54) is 11.3 Å². The first-order chi connectivity index (χ1) is 13.5. The number of aliphatic imine (C=N–C) groups is 1. The zero-order valence-corrected chi connectivity index (χ0v) is 22.0. The number of nitrogens with one attached hydrogen (secondary N) is 3. The first-order valence-electron chi connectivity index (χ1n) is 9.51. The Hall–Kier alpha value is -1.12. The second-order valence-corrected chi connectivity index (χ2v) is 11.1. The lowest BCUT2D eigenvalue weighted by molar-refractivity contribution is 0.0507. The molecule has 0 bridgehead atoms. The van der Waals surface area contributed by atoms with Crippen LogP contribution in [0.15, 0.2) is 21.3 Å². The molecule has 12 heteroatoms. The molecular weight excluding hydrogens is 541 g/mol. The van der Waals surface area contributed by atoms with Gasteiger partial charge in [-0.3, -0.25) is 4.99 Å². The smallest absolute Gasteiger partial charge is 0.407 e. The SMILES string of the molecule is CN=C(NCCNS(=O)(=O)c1ccc(C)s1)N1CC[C@@H](NC(=O)OC(C)(C)C)C1.I. The van der Waals surface area contributed by atoms with Crippen molar-refractivity contribution >= 4 is 57.4 Å². The first kappa shape index (κ1) is 26.9. The number of rotatable bonds is 6. The number of nitrogens with zero attached hydrogens (tertiary/aromatic N) is 2. The maximum Gasteiger partial charge on any atom is 0.407 e. The van der Waals surface area contributed by atoms with Crippen molar-refractivity contribution < 1.29 is 17.9 Å². The number of carbonyl (C=O) groups excluding carboxylic acids is 1. The minimum atomic E-state index is -3.49. The second-order valence-electron chi connectivity index (χ2n) is 7.81. The van der Waals surface area contributed by atoms with Gasteiger partial charge in [-0.2, -0.15) is 0 Å². The normalized spacial score (nSPS) is 17.4. The lowest BCUT2D eigenvalue weighted by Gasteiger charge is -2.23. The van der Waals surface area contributed by atoms with E-state index >= 15 is 0 Å². The zero-order chi connectivity index (χ0) is 21.7. The standard InChI is InChI=1S/C18H31N5O4S2.HI/c1-13-6-7-15(28-13)29(25,26)21-10-9-20-16(19-5)23-11-8-14(12-23)22-17(24)27-18(2,3)4;/h6-7,14,21H,8-12H2,1-5H3,(H,19,20)(H,22,24);1H/t14-;/m1./s1. The molecule has 0 radical (unpaired) electrons. The van der Waals surface area contributed by atoms with Crippen LogP contribution in [0.5, 0.6) is 0 Å². The molecule has 172 valence electrons. The molecule has 1 fully saturated rings.